The van der Waals surface area contributed by atoms with E-state index in [1.165, 1.54) is 58.9 Å². The number of nitrogens with zero attached hydrogens (tertiary/aromatic N) is 2. The van der Waals surface area contributed by atoms with Crippen molar-refractivity contribution in [1.29, 1.82) is 0 Å². The Labute approximate surface area is 334 Å². The van der Waals surface area contributed by atoms with Gasteiger partial charge in [-0.3, -0.25) is 0 Å². The van der Waals surface area contributed by atoms with Crippen molar-refractivity contribution >= 4 is 70.4 Å². The molecular formula is C53H34N2OS. The van der Waals surface area contributed by atoms with Crippen LogP contribution in [0.3, 0.4) is 0 Å². The van der Waals surface area contributed by atoms with Gasteiger partial charge in [0.25, 0.3) is 0 Å². The van der Waals surface area contributed by atoms with E-state index in [-0.39, 0.29) is 0 Å². The summed E-state index contributed by atoms with van der Waals surface area (Å²) in [6.07, 6.45) is 0. The van der Waals surface area contributed by atoms with Crippen LogP contribution >= 0.6 is 11.3 Å². The van der Waals surface area contributed by atoms with Crippen molar-refractivity contribution in [2.45, 2.75) is 0 Å². The lowest BCUT2D eigenvalue weighted by Crippen LogP contribution is -2.09. The zero-order valence-electron chi connectivity index (χ0n) is 30.8. The molecule has 0 N–H and O–H groups in total. The molecule has 0 aliphatic rings. The van der Waals surface area contributed by atoms with Gasteiger partial charge in [-0.1, -0.05) is 140 Å². The molecule has 2 aromatic heterocycles. The second-order valence-corrected chi connectivity index (χ2v) is 15.5. The van der Waals surface area contributed by atoms with Gasteiger partial charge in [0.05, 0.1) is 0 Å². The van der Waals surface area contributed by atoms with Crippen molar-refractivity contribution in [3.05, 3.63) is 206 Å². The molecule has 0 fully saturated rings. The summed E-state index contributed by atoms with van der Waals surface area (Å²) >= 11 is 1.80. The maximum atomic E-state index is 6.40. The molecule has 57 heavy (non-hydrogen) atoms. The SMILES string of the molecule is c1ccc(-c2ccc(-c3nc4c(ccc5sc6cc(N(c7ccc(-c8ccc9ccccc9c8)cc7)c7cccc(-c8ccccc8)c7)ccc6c54)o3)cc2)cc1. The van der Waals surface area contributed by atoms with Crippen LogP contribution in [0.5, 0.6) is 0 Å². The molecule has 268 valence electrons. The zero-order valence-corrected chi connectivity index (χ0v) is 31.7. The molecule has 0 aliphatic carbocycles. The van der Waals surface area contributed by atoms with Gasteiger partial charge < -0.3 is 9.32 Å². The van der Waals surface area contributed by atoms with E-state index in [9.17, 15) is 0 Å². The van der Waals surface area contributed by atoms with Crippen LogP contribution in [-0.4, -0.2) is 4.98 Å². The fourth-order valence-electron chi connectivity index (χ4n) is 8.01. The molecule has 0 amide bonds. The van der Waals surface area contributed by atoms with Crippen molar-refractivity contribution in [1.82, 2.24) is 4.98 Å². The summed E-state index contributed by atoms with van der Waals surface area (Å²) in [6.45, 7) is 0. The fraction of sp³-hybridized carbons (Fsp3) is 0. The highest BCUT2D eigenvalue weighted by molar-refractivity contribution is 7.26. The number of aromatic nitrogens is 1. The predicted molar refractivity (Wildman–Crippen MR) is 241 cm³/mol. The standard InChI is InChI=1S/C53H34N2OS/c1-3-10-35(11-4-1)38-18-21-40(22-19-38)53-54-52-48(56-53)30-31-49-51(52)47-29-28-46(34-50(47)57-49)55(45-17-9-16-42(33-45)36-12-5-2-6-13-36)44-26-24-39(25-27-44)43-23-20-37-14-7-8-15-41(37)32-43/h1-34H. The van der Waals surface area contributed by atoms with Crippen LogP contribution in [0.25, 0.3) is 86.9 Å². The Hall–Kier alpha value is -7.27. The lowest BCUT2D eigenvalue weighted by Gasteiger charge is -2.26. The highest BCUT2D eigenvalue weighted by Gasteiger charge is 2.19. The first-order valence-electron chi connectivity index (χ1n) is 19.2. The molecule has 9 aromatic carbocycles. The number of oxazole rings is 1. The van der Waals surface area contributed by atoms with E-state index < -0.39 is 0 Å². The molecule has 0 saturated heterocycles. The zero-order chi connectivity index (χ0) is 37.7. The van der Waals surface area contributed by atoms with Crippen LogP contribution < -0.4 is 4.90 Å². The number of benzene rings is 9. The lowest BCUT2D eigenvalue weighted by molar-refractivity contribution is 0.620. The summed E-state index contributed by atoms with van der Waals surface area (Å²) < 4.78 is 8.78. The second kappa shape index (κ2) is 13.8. The fourth-order valence-corrected chi connectivity index (χ4v) is 9.16. The number of hydrogen-bond acceptors (Lipinski definition) is 4. The molecule has 0 radical (unpaired) electrons. The largest absolute Gasteiger partial charge is 0.436 e. The third kappa shape index (κ3) is 6.04. The first-order valence-corrected chi connectivity index (χ1v) is 20.0. The number of fused-ring (bicyclic) bond motifs is 6. The Bertz CT molecular complexity index is 3220. The van der Waals surface area contributed by atoms with E-state index >= 15 is 0 Å². The van der Waals surface area contributed by atoms with Crippen LogP contribution in [-0.2, 0) is 0 Å². The van der Waals surface area contributed by atoms with Crippen molar-refractivity contribution in [2.75, 3.05) is 4.90 Å². The maximum absolute atomic E-state index is 6.40. The second-order valence-electron chi connectivity index (χ2n) is 14.4. The minimum absolute atomic E-state index is 0.629. The van der Waals surface area contributed by atoms with E-state index in [1.54, 1.807) is 11.3 Å². The van der Waals surface area contributed by atoms with E-state index in [0.29, 0.717) is 5.89 Å². The predicted octanol–water partition coefficient (Wildman–Crippen LogP) is 15.5. The minimum atomic E-state index is 0.629. The number of rotatable bonds is 7. The van der Waals surface area contributed by atoms with Crippen LogP contribution in [0.2, 0.25) is 0 Å². The van der Waals surface area contributed by atoms with Gasteiger partial charge in [0.1, 0.15) is 5.52 Å². The molecule has 4 heteroatoms. The maximum Gasteiger partial charge on any atom is 0.227 e. The summed E-state index contributed by atoms with van der Waals surface area (Å²) in [7, 11) is 0. The molecule has 11 aromatic rings. The highest BCUT2D eigenvalue weighted by atomic mass is 32.1. The van der Waals surface area contributed by atoms with E-state index in [2.05, 4.69) is 205 Å². The first kappa shape index (κ1) is 33.1. The Morgan fingerprint density at radius 3 is 1.75 bits per heavy atom. The molecule has 0 spiro atoms. The summed E-state index contributed by atoms with van der Waals surface area (Å²) in [5, 5.41) is 4.80. The van der Waals surface area contributed by atoms with Crippen LogP contribution in [0.15, 0.2) is 211 Å². The number of thiophene rings is 1. The molecule has 0 bridgehead atoms. The molecule has 11 rings (SSSR count). The van der Waals surface area contributed by atoms with Gasteiger partial charge in [0.2, 0.25) is 5.89 Å². The lowest BCUT2D eigenvalue weighted by atomic mass is 10.0. The molecule has 2 heterocycles. The quantitative estimate of drug-likeness (QED) is 0.163. The summed E-state index contributed by atoms with van der Waals surface area (Å²) in [6, 6.07) is 73.5. The summed E-state index contributed by atoms with van der Waals surface area (Å²) in [5.74, 6) is 0.629. The van der Waals surface area contributed by atoms with Gasteiger partial charge in [-0.05, 0) is 111 Å². The Kier molecular flexibility index (Phi) is 8.01. The van der Waals surface area contributed by atoms with Crippen molar-refractivity contribution in [3.8, 4) is 44.8 Å². The van der Waals surface area contributed by atoms with Crippen LogP contribution in [0, 0.1) is 0 Å². The van der Waals surface area contributed by atoms with E-state index in [1.807, 2.05) is 6.07 Å². The summed E-state index contributed by atoms with van der Waals surface area (Å²) in [5.41, 5.74) is 13.0. The molecular weight excluding hydrogens is 713 g/mol. The van der Waals surface area contributed by atoms with Gasteiger partial charge in [0, 0.05) is 42.8 Å². The Morgan fingerprint density at radius 2 is 0.965 bits per heavy atom. The van der Waals surface area contributed by atoms with Gasteiger partial charge in [0.15, 0.2) is 5.58 Å². The Balaban J connectivity index is 0.999. The summed E-state index contributed by atoms with van der Waals surface area (Å²) in [4.78, 5) is 7.47. The van der Waals surface area contributed by atoms with Crippen LogP contribution in [0.4, 0.5) is 17.1 Å². The monoisotopic (exact) mass is 746 g/mol. The topological polar surface area (TPSA) is 29.3 Å². The van der Waals surface area contributed by atoms with Crippen molar-refractivity contribution in [2.24, 2.45) is 0 Å². The third-order valence-electron chi connectivity index (χ3n) is 10.9. The number of hydrogen-bond donors (Lipinski definition) is 0. The average molecular weight is 747 g/mol. The van der Waals surface area contributed by atoms with Gasteiger partial charge >= 0.3 is 0 Å². The molecule has 0 atom stereocenters. The van der Waals surface area contributed by atoms with E-state index in [4.69, 9.17) is 9.40 Å². The van der Waals surface area contributed by atoms with Crippen molar-refractivity contribution in [3.63, 3.8) is 0 Å². The molecule has 3 nitrogen and oxygen atoms in total. The Morgan fingerprint density at radius 1 is 0.386 bits per heavy atom. The van der Waals surface area contributed by atoms with E-state index in [0.717, 1.165) is 39.1 Å². The van der Waals surface area contributed by atoms with Crippen molar-refractivity contribution < 1.29 is 4.42 Å². The third-order valence-corrected chi connectivity index (χ3v) is 12.0. The van der Waals surface area contributed by atoms with Crippen LogP contribution in [0.1, 0.15) is 0 Å². The normalized spacial score (nSPS) is 11.5. The molecule has 0 aliphatic heterocycles. The minimum Gasteiger partial charge on any atom is -0.436 e. The molecule has 0 saturated carbocycles. The molecule has 0 unspecified atom stereocenters. The van der Waals surface area contributed by atoms with Gasteiger partial charge in [-0.15, -0.1) is 11.3 Å². The smallest absolute Gasteiger partial charge is 0.227 e. The van der Waals surface area contributed by atoms with Gasteiger partial charge in [-0.2, -0.15) is 0 Å². The number of anilines is 3. The average Bonchev–Trinajstić information content (AvgIpc) is 3.89. The first-order chi connectivity index (χ1) is 28.2. The highest BCUT2D eigenvalue weighted by Crippen LogP contribution is 2.44. The van der Waals surface area contributed by atoms with Gasteiger partial charge in [-0.25, -0.2) is 4.98 Å².